The van der Waals surface area contributed by atoms with Crippen LogP contribution in [0, 0.1) is 0 Å². The summed E-state index contributed by atoms with van der Waals surface area (Å²) in [7, 11) is 0. The Balaban J connectivity index is 4.18. The molecule has 0 saturated carbocycles. The normalized spacial score (nSPS) is 14.4. The van der Waals surface area contributed by atoms with Crippen LogP contribution >= 0.6 is 0 Å². The van der Waals surface area contributed by atoms with Crippen molar-refractivity contribution in [2.24, 2.45) is 10.9 Å². The van der Waals surface area contributed by atoms with E-state index in [2.05, 4.69) is 15.8 Å². The third-order valence-electron chi connectivity index (χ3n) is 1.90. The maximum absolute atomic E-state index is 11.5. The molecule has 16 heavy (non-hydrogen) atoms. The highest BCUT2D eigenvalue weighted by Crippen LogP contribution is 2.01. The van der Waals surface area contributed by atoms with Gasteiger partial charge in [0.2, 0.25) is 0 Å². The second-order valence-electron chi connectivity index (χ2n) is 4.75. The maximum atomic E-state index is 11.5. The van der Waals surface area contributed by atoms with Crippen molar-refractivity contribution < 1.29 is 10.0 Å². The minimum absolute atomic E-state index is 0.114. The first-order valence-electron chi connectivity index (χ1n) is 5.33. The Morgan fingerprint density at radius 2 is 2.06 bits per heavy atom. The Morgan fingerprint density at radius 3 is 2.44 bits per heavy atom. The van der Waals surface area contributed by atoms with Gasteiger partial charge in [-0.05, 0) is 27.2 Å². The largest absolute Gasteiger partial charge is 0.409 e. The highest BCUT2D eigenvalue weighted by Gasteiger charge is 2.17. The number of oxime groups is 1. The van der Waals surface area contributed by atoms with E-state index < -0.39 is 0 Å². The van der Waals surface area contributed by atoms with Gasteiger partial charge < -0.3 is 21.6 Å². The van der Waals surface area contributed by atoms with Gasteiger partial charge in [0, 0.05) is 18.0 Å². The molecule has 1 unspecified atom stereocenters. The summed E-state index contributed by atoms with van der Waals surface area (Å²) in [5, 5.41) is 16.9. The van der Waals surface area contributed by atoms with Gasteiger partial charge in [-0.3, -0.25) is 0 Å². The lowest BCUT2D eigenvalue weighted by atomic mass is 10.1. The standard InChI is InChI=1S/C10H22N4O2/c1-5-7(6-8(11)14-16)12-9(15)13-10(2,3)4/h7,16H,5-6H2,1-4H3,(H2,11,14)(H2,12,13,15). The zero-order chi connectivity index (χ0) is 12.8. The Labute approximate surface area is 96.3 Å². The number of amidine groups is 1. The molecule has 0 rings (SSSR count). The fraction of sp³-hybridized carbons (Fsp3) is 0.800. The lowest BCUT2D eigenvalue weighted by Gasteiger charge is -2.23. The van der Waals surface area contributed by atoms with E-state index in [1.165, 1.54) is 0 Å². The molecule has 0 aromatic rings. The lowest BCUT2D eigenvalue weighted by molar-refractivity contribution is 0.227. The van der Waals surface area contributed by atoms with E-state index in [0.717, 1.165) is 0 Å². The summed E-state index contributed by atoms with van der Waals surface area (Å²) in [5.41, 5.74) is 5.10. The van der Waals surface area contributed by atoms with Gasteiger partial charge in [-0.2, -0.15) is 0 Å². The summed E-state index contributed by atoms with van der Waals surface area (Å²) < 4.78 is 0. The molecule has 0 aromatic heterocycles. The summed E-state index contributed by atoms with van der Waals surface area (Å²) >= 11 is 0. The van der Waals surface area contributed by atoms with Crippen molar-refractivity contribution in [2.45, 2.75) is 52.1 Å². The molecule has 0 aliphatic carbocycles. The Kier molecular flexibility index (Phi) is 5.63. The molecule has 0 heterocycles. The number of carbonyl (C=O) groups excluding carboxylic acids is 1. The van der Waals surface area contributed by atoms with Gasteiger partial charge in [0.25, 0.3) is 0 Å². The topological polar surface area (TPSA) is 99.7 Å². The van der Waals surface area contributed by atoms with Crippen LogP contribution in [0.25, 0.3) is 0 Å². The van der Waals surface area contributed by atoms with Crippen LogP contribution in [0.15, 0.2) is 5.16 Å². The number of nitrogens with zero attached hydrogens (tertiary/aromatic N) is 1. The van der Waals surface area contributed by atoms with Crippen molar-refractivity contribution in [1.82, 2.24) is 10.6 Å². The van der Waals surface area contributed by atoms with Crippen molar-refractivity contribution >= 4 is 11.9 Å². The van der Waals surface area contributed by atoms with Crippen molar-refractivity contribution in [2.75, 3.05) is 0 Å². The molecule has 6 heteroatoms. The van der Waals surface area contributed by atoms with Crippen molar-refractivity contribution in [3.63, 3.8) is 0 Å². The van der Waals surface area contributed by atoms with Crippen LogP contribution in [0.4, 0.5) is 4.79 Å². The predicted octanol–water partition coefficient (Wildman–Crippen LogP) is 0.999. The molecule has 5 N–H and O–H groups in total. The first kappa shape index (κ1) is 14.5. The Morgan fingerprint density at radius 1 is 1.50 bits per heavy atom. The molecule has 0 fully saturated rings. The molecular weight excluding hydrogens is 208 g/mol. The minimum atomic E-state index is -0.279. The van der Waals surface area contributed by atoms with Gasteiger partial charge in [0.05, 0.1) is 0 Å². The summed E-state index contributed by atoms with van der Waals surface area (Å²) in [6.45, 7) is 7.62. The molecule has 0 radical (unpaired) electrons. The average molecular weight is 230 g/mol. The molecule has 0 saturated heterocycles. The predicted molar refractivity (Wildman–Crippen MR) is 63.5 cm³/mol. The summed E-state index contributed by atoms with van der Waals surface area (Å²) in [5.74, 6) is 0.114. The number of rotatable bonds is 4. The van der Waals surface area contributed by atoms with Gasteiger partial charge in [-0.15, -0.1) is 0 Å². The van der Waals surface area contributed by atoms with E-state index in [9.17, 15) is 4.79 Å². The summed E-state index contributed by atoms with van der Waals surface area (Å²) in [4.78, 5) is 11.5. The molecule has 0 aliphatic rings. The highest BCUT2D eigenvalue weighted by molar-refractivity contribution is 5.81. The van der Waals surface area contributed by atoms with Crippen LogP contribution in [0.1, 0.15) is 40.5 Å². The first-order valence-corrected chi connectivity index (χ1v) is 5.33. The zero-order valence-electron chi connectivity index (χ0n) is 10.4. The third-order valence-corrected chi connectivity index (χ3v) is 1.90. The molecule has 6 nitrogen and oxygen atoms in total. The molecule has 0 aromatic carbocycles. The van der Waals surface area contributed by atoms with E-state index in [0.29, 0.717) is 12.8 Å². The quantitative estimate of drug-likeness (QED) is 0.251. The van der Waals surface area contributed by atoms with Crippen LogP contribution in [0.3, 0.4) is 0 Å². The maximum Gasteiger partial charge on any atom is 0.315 e. The van der Waals surface area contributed by atoms with Crippen molar-refractivity contribution in [3.05, 3.63) is 0 Å². The number of nitrogens with two attached hydrogens (primary N) is 1. The van der Waals surface area contributed by atoms with Crippen molar-refractivity contribution in [3.8, 4) is 0 Å². The number of carbonyl (C=O) groups is 1. The highest BCUT2D eigenvalue weighted by atomic mass is 16.4. The average Bonchev–Trinajstić information content (AvgIpc) is 2.13. The van der Waals surface area contributed by atoms with E-state index in [1.807, 2.05) is 27.7 Å². The van der Waals surface area contributed by atoms with E-state index in [1.54, 1.807) is 0 Å². The number of nitrogens with one attached hydrogen (secondary N) is 2. The number of urea groups is 1. The van der Waals surface area contributed by atoms with E-state index in [-0.39, 0.29) is 23.4 Å². The minimum Gasteiger partial charge on any atom is -0.409 e. The number of hydrogen-bond acceptors (Lipinski definition) is 3. The van der Waals surface area contributed by atoms with Gasteiger partial charge in [0.15, 0.2) is 0 Å². The fourth-order valence-corrected chi connectivity index (χ4v) is 1.15. The molecule has 0 aliphatic heterocycles. The summed E-state index contributed by atoms with van der Waals surface area (Å²) in [6.07, 6.45) is 1.05. The molecule has 2 amide bonds. The fourth-order valence-electron chi connectivity index (χ4n) is 1.15. The SMILES string of the molecule is CCC(CC(N)=NO)NC(=O)NC(C)(C)C. The monoisotopic (exact) mass is 230 g/mol. The second-order valence-corrected chi connectivity index (χ2v) is 4.75. The van der Waals surface area contributed by atoms with Crippen LogP contribution < -0.4 is 16.4 Å². The smallest absolute Gasteiger partial charge is 0.315 e. The molecule has 1 atom stereocenters. The van der Waals surface area contributed by atoms with Gasteiger partial charge in [-0.1, -0.05) is 12.1 Å². The third kappa shape index (κ3) is 6.92. The number of hydrogen-bond donors (Lipinski definition) is 4. The van der Waals surface area contributed by atoms with E-state index in [4.69, 9.17) is 10.9 Å². The Bertz CT molecular complexity index is 258. The lowest BCUT2D eigenvalue weighted by Crippen LogP contribution is -2.50. The van der Waals surface area contributed by atoms with Crippen LogP contribution in [-0.2, 0) is 0 Å². The molecule has 0 spiro atoms. The van der Waals surface area contributed by atoms with Gasteiger partial charge in [-0.25, -0.2) is 4.79 Å². The van der Waals surface area contributed by atoms with Gasteiger partial charge >= 0.3 is 6.03 Å². The molecule has 94 valence electrons. The molecular formula is C10H22N4O2. The first-order chi connectivity index (χ1) is 7.28. The van der Waals surface area contributed by atoms with Crippen LogP contribution in [0.2, 0.25) is 0 Å². The van der Waals surface area contributed by atoms with E-state index >= 15 is 0 Å². The second kappa shape index (κ2) is 6.19. The van der Waals surface area contributed by atoms with Gasteiger partial charge in [0.1, 0.15) is 5.84 Å². The number of amides is 2. The molecule has 0 bridgehead atoms. The van der Waals surface area contributed by atoms with Crippen molar-refractivity contribution in [1.29, 1.82) is 0 Å². The Hall–Kier alpha value is -1.46. The summed E-state index contributed by atoms with van der Waals surface area (Å²) in [6, 6.07) is -0.372. The van der Waals surface area contributed by atoms with Crippen LogP contribution in [-0.4, -0.2) is 28.7 Å². The zero-order valence-corrected chi connectivity index (χ0v) is 10.4. The van der Waals surface area contributed by atoms with Crippen LogP contribution in [0.5, 0.6) is 0 Å².